The van der Waals surface area contributed by atoms with E-state index in [0.29, 0.717) is 6.42 Å². The lowest BCUT2D eigenvalue weighted by atomic mass is 10.2. The Morgan fingerprint density at radius 1 is 1.30 bits per heavy atom. The summed E-state index contributed by atoms with van der Waals surface area (Å²) in [6, 6.07) is 2.00. The van der Waals surface area contributed by atoms with Crippen LogP contribution in [0.5, 0.6) is 0 Å². The molecule has 1 fully saturated rings. The lowest BCUT2D eigenvalue weighted by Gasteiger charge is -2.35. The van der Waals surface area contributed by atoms with Gasteiger partial charge in [0.2, 0.25) is 5.91 Å². The number of anilines is 1. The van der Waals surface area contributed by atoms with E-state index in [4.69, 9.17) is 0 Å². The number of nitrogens with zero attached hydrogens (tertiary/aromatic N) is 4. The van der Waals surface area contributed by atoms with Crippen LogP contribution in [0.25, 0.3) is 11.0 Å². The van der Waals surface area contributed by atoms with Crippen LogP contribution in [0.3, 0.4) is 0 Å². The second-order valence-corrected chi connectivity index (χ2v) is 5.06. The summed E-state index contributed by atoms with van der Waals surface area (Å²) in [5, 5.41) is 1.04. The zero-order valence-corrected chi connectivity index (χ0v) is 11.7. The Hall–Kier alpha value is -2.11. The van der Waals surface area contributed by atoms with Gasteiger partial charge in [0.15, 0.2) is 0 Å². The molecule has 106 valence electrons. The van der Waals surface area contributed by atoms with Gasteiger partial charge in [-0.1, -0.05) is 6.92 Å². The number of aromatic nitrogens is 3. The van der Waals surface area contributed by atoms with Crippen LogP contribution in [-0.2, 0) is 4.79 Å². The maximum absolute atomic E-state index is 11.9. The molecule has 1 saturated heterocycles. The largest absolute Gasteiger partial charge is 0.352 e. The van der Waals surface area contributed by atoms with Crippen molar-refractivity contribution in [2.75, 3.05) is 31.1 Å². The number of nitrogens with one attached hydrogen (secondary N) is 1. The van der Waals surface area contributed by atoms with Gasteiger partial charge in [0.05, 0.1) is 5.39 Å². The van der Waals surface area contributed by atoms with Crippen LogP contribution < -0.4 is 4.90 Å². The third-order valence-corrected chi connectivity index (χ3v) is 3.73. The van der Waals surface area contributed by atoms with Gasteiger partial charge in [-0.2, -0.15) is 0 Å². The summed E-state index contributed by atoms with van der Waals surface area (Å²) in [6.07, 6.45) is 5.02. The molecule has 0 aliphatic carbocycles. The van der Waals surface area contributed by atoms with Crippen molar-refractivity contribution in [3.8, 4) is 0 Å². The number of hydrogen-bond donors (Lipinski definition) is 1. The molecule has 2 aromatic rings. The third kappa shape index (κ3) is 2.33. The Morgan fingerprint density at radius 3 is 2.85 bits per heavy atom. The van der Waals surface area contributed by atoms with Gasteiger partial charge in [-0.15, -0.1) is 0 Å². The summed E-state index contributed by atoms with van der Waals surface area (Å²) in [7, 11) is 0. The number of fused-ring (bicyclic) bond motifs is 1. The maximum atomic E-state index is 11.9. The number of carbonyl (C=O) groups is 1. The van der Waals surface area contributed by atoms with Gasteiger partial charge in [-0.25, -0.2) is 9.97 Å². The van der Waals surface area contributed by atoms with Crippen LogP contribution >= 0.6 is 0 Å². The summed E-state index contributed by atoms with van der Waals surface area (Å²) in [4.78, 5) is 27.8. The van der Waals surface area contributed by atoms with E-state index in [9.17, 15) is 4.79 Å². The van der Waals surface area contributed by atoms with Crippen LogP contribution in [0.2, 0.25) is 0 Å². The van der Waals surface area contributed by atoms with Crippen molar-refractivity contribution in [2.24, 2.45) is 0 Å². The standard InChI is InChI=1S/C14H19N5O/c1-2-3-12(20)18-6-8-19(9-7-18)14-11-4-5-15-13(11)16-10-17-14/h4-5,10H,2-3,6-9H2,1H3,(H,15,16,17). The molecular formula is C14H19N5O. The molecule has 6 heteroatoms. The molecule has 3 heterocycles. The number of hydrogen-bond acceptors (Lipinski definition) is 4. The highest BCUT2D eigenvalue weighted by atomic mass is 16.2. The van der Waals surface area contributed by atoms with E-state index in [2.05, 4.69) is 19.9 Å². The van der Waals surface area contributed by atoms with Gasteiger partial charge in [0.25, 0.3) is 0 Å². The van der Waals surface area contributed by atoms with Crippen LogP contribution in [0, 0.1) is 0 Å². The first-order valence-electron chi connectivity index (χ1n) is 7.10. The number of piperazine rings is 1. The van der Waals surface area contributed by atoms with Crippen LogP contribution in [0.15, 0.2) is 18.6 Å². The predicted molar refractivity (Wildman–Crippen MR) is 77.6 cm³/mol. The van der Waals surface area contributed by atoms with Gasteiger partial charge in [0.1, 0.15) is 17.8 Å². The Bertz CT molecular complexity index is 600. The van der Waals surface area contributed by atoms with Crippen LogP contribution in [0.1, 0.15) is 19.8 Å². The minimum atomic E-state index is 0.265. The Morgan fingerprint density at radius 2 is 2.10 bits per heavy atom. The first-order chi connectivity index (χ1) is 9.79. The Labute approximate surface area is 117 Å². The molecule has 0 aromatic carbocycles. The van der Waals surface area contributed by atoms with Crippen molar-refractivity contribution in [2.45, 2.75) is 19.8 Å². The van der Waals surface area contributed by atoms with E-state index >= 15 is 0 Å². The lowest BCUT2D eigenvalue weighted by molar-refractivity contribution is -0.131. The molecule has 20 heavy (non-hydrogen) atoms. The first kappa shape index (κ1) is 12.9. The average molecular weight is 273 g/mol. The van der Waals surface area contributed by atoms with Crippen LogP contribution in [0.4, 0.5) is 5.82 Å². The van der Waals surface area contributed by atoms with Crippen molar-refractivity contribution in [1.82, 2.24) is 19.9 Å². The smallest absolute Gasteiger partial charge is 0.222 e. The highest BCUT2D eigenvalue weighted by molar-refractivity contribution is 5.87. The molecule has 0 unspecified atom stereocenters. The van der Waals surface area contributed by atoms with E-state index < -0.39 is 0 Å². The van der Waals surface area contributed by atoms with Gasteiger partial charge in [0, 0.05) is 38.8 Å². The second-order valence-electron chi connectivity index (χ2n) is 5.06. The monoisotopic (exact) mass is 273 g/mol. The minimum absolute atomic E-state index is 0.265. The average Bonchev–Trinajstić information content (AvgIpc) is 2.96. The summed E-state index contributed by atoms with van der Waals surface area (Å²) in [5.74, 6) is 1.22. The highest BCUT2D eigenvalue weighted by Crippen LogP contribution is 2.23. The van der Waals surface area contributed by atoms with Gasteiger partial charge in [-0.05, 0) is 12.5 Å². The molecule has 0 radical (unpaired) electrons. The molecule has 0 atom stereocenters. The number of rotatable bonds is 3. The van der Waals surface area contributed by atoms with E-state index in [0.717, 1.165) is 49.5 Å². The van der Waals surface area contributed by atoms with Crippen molar-refractivity contribution < 1.29 is 4.79 Å². The summed E-state index contributed by atoms with van der Waals surface area (Å²) < 4.78 is 0. The fourth-order valence-electron chi connectivity index (χ4n) is 2.65. The SMILES string of the molecule is CCCC(=O)N1CCN(c2ncnc3[nH]ccc23)CC1. The molecule has 1 aliphatic rings. The summed E-state index contributed by atoms with van der Waals surface area (Å²) in [5.41, 5.74) is 0.861. The number of H-pyrrole nitrogens is 1. The molecule has 0 saturated carbocycles. The van der Waals surface area contributed by atoms with Crippen molar-refractivity contribution >= 4 is 22.8 Å². The van der Waals surface area contributed by atoms with Crippen molar-refractivity contribution in [1.29, 1.82) is 0 Å². The normalized spacial score (nSPS) is 15.8. The van der Waals surface area contributed by atoms with Gasteiger partial charge >= 0.3 is 0 Å². The summed E-state index contributed by atoms with van der Waals surface area (Å²) >= 11 is 0. The summed E-state index contributed by atoms with van der Waals surface area (Å²) in [6.45, 7) is 5.24. The molecule has 1 aliphatic heterocycles. The van der Waals surface area contributed by atoms with E-state index in [1.54, 1.807) is 6.33 Å². The topological polar surface area (TPSA) is 65.1 Å². The minimum Gasteiger partial charge on any atom is -0.352 e. The Kier molecular flexibility index (Phi) is 3.54. The fourth-order valence-corrected chi connectivity index (χ4v) is 2.65. The van der Waals surface area contributed by atoms with E-state index in [1.165, 1.54) is 0 Å². The first-order valence-corrected chi connectivity index (χ1v) is 7.10. The third-order valence-electron chi connectivity index (χ3n) is 3.73. The Balaban J connectivity index is 1.72. The number of aromatic amines is 1. The predicted octanol–water partition coefficient (Wildman–Crippen LogP) is 1.41. The highest BCUT2D eigenvalue weighted by Gasteiger charge is 2.22. The van der Waals surface area contributed by atoms with E-state index in [1.807, 2.05) is 24.1 Å². The second kappa shape index (κ2) is 5.48. The zero-order valence-electron chi connectivity index (χ0n) is 11.7. The molecule has 0 bridgehead atoms. The van der Waals surface area contributed by atoms with Crippen LogP contribution in [-0.4, -0.2) is 51.9 Å². The molecule has 6 nitrogen and oxygen atoms in total. The van der Waals surface area contributed by atoms with Gasteiger partial charge in [-0.3, -0.25) is 4.79 Å². The molecular weight excluding hydrogens is 254 g/mol. The van der Waals surface area contributed by atoms with Crippen molar-refractivity contribution in [3.63, 3.8) is 0 Å². The molecule has 0 spiro atoms. The lowest BCUT2D eigenvalue weighted by Crippen LogP contribution is -2.49. The number of amides is 1. The fraction of sp³-hybridized carbons (Fsp3) is 0.500. The molecule has 3 rings (SSSR count). The molecule has 1 amide bonds. The maximum Gasteiger partial charge on any atom is 0.222 e. The zero-order chi connectivity index (χ0) is 13.9. The van der Waals surface area contributed by atoms with E-state index in [-0.39, 0.29) is 5.91 Å². The molecule has 1 N–H and O–H groups in total. The quantitative estimate of drug-likeness (QED) is 0.918. The molecule has 2 aromatic heterocycles. The van der Waals surface area contributed by atoms with Crippen molar-refractivity contribution in [3.05, 3.63) is 18.6 Å². The number of carbonyl (C=O) groups excluding carboxylic acids is 1. The van der Waals surface area contributed by atoms with Gasteiger partial charge < -0.3 is 14.8 Å².